The summed E-state index contributed by atoms with van der Waals surface area (Å²) in [5.74, 6) is 1.37. The highest BCUT2D eigenvalue weighted by atomic mass is 32.2. The SMILES string of the molecule is CSc1nnc(C(C)(C)C)c(=O)n1/N=C/c1ccc2c(c1)OCO2. The van der Waals surface area contributed by atoms with E-state index in [0.717, 1.165) is 5.56 Å². The smallest absolute Gasteiger partial charge is 0.297 e. The molecule has 0 amide bonds. The Balaban J connectivity index is 2.01. The highest BCUT2D eigenvalue weighted by Crippen LogP contribution is 2.32. The van der Waals surface area contributed by atoms with Crippen LogP contribution in [-0.4, -0.2) is 34.1 Å². The van der Waals surface area contributed by atoms with Gasteiger partial charge in [0, 0.05) is 5.41 Å². The summed E-state index contributed by atoms with van der Waals surface area (Å²) in [6.45, 7) is 5.98. The zero-order chi connectivity index (χ0) is 17.3. The van der Waals surface area contributed by atoms with Gasteiger partial charge < -0.3 is 9.47 Å². The van der Waals surface area contributed by atoms with Crippen LogP contribution >= 0.6 is 11.8 Å². The van der Waals surface area contributed by atoms with Crippen LogP contribution in [0.25, 0.3) is 0 Å². The molecule has 0 unspecified atom stereocenters. The average Bonchev–Trinajstić information content (AvgIpc) is 2.99. The van der Waals surface area contributed by atoms with Gasteiger partial charge in [-0.1, -0.05) is 32.5 Å². The van der Waals surface area contributed by atoms with Crippen LogP contribution in [0.5, 0.6) is 11.5 Å². The normalized spacial score (nSPS) is 13.7. The van der Waals surface area contributed by atoms with Gasteiger partial charge in [-0.3, -0.25) is 4.79 Å². The van der Waals surface area contributed by atoms with E-state index in [1.165, 1.54) is 16.4 Å². The first-order valence-corrected chi connectivity index (χ1v) is 8.61. The van der Waals surface area contributed by atoms with Crippen LogP contribution in [-0.2, 0) is 5.41 Å². The topological polar surface area (TPSA) is 78.6 Å². The van der Waals surface area contributed by atoms with E-state index < -0.39 is 5.41 Å². The minimum atomic E-state index is -0.406. The highest BCUT2D eigenvalue weighted by molar-refractivity contribution is 7.98. The Morgan fingerprint density at radius 2 is 2.00 bits per heavy atom. The number of ether oxygens (including phenoxy) is 2. The Bertz CT molecular complexity index is 855. The van der Waals surface area contributed by atoms with E-state index in [-0.39, 0.29) is 12.4 Å². The van der Waals surface area contributed by atoms with Crippen LogP contribution < -0.4 is 15.0 Å². The molecule has 0 aliphatic carbocycles. The molecule has 0 bridgehead atoms. The molecule has 24 heavy (non-hydrogen) atoms. The lowest BCUT2D eigenvalue weighted by Gasteiger charge is -2.16. The molecule has 126 valence electrons. The summed E-state index contributed by atoms with van der Waals surface area (Å²) in [6.07, 6.45) is 3.42. The van der Waals surface area contributed by atoms with Crippen LogP contribution in [0.3, 0.4) is 0 Å². The number of rotatable bonds is 3. The van der Waals surface area contributed by atoms with E-state index in [1.807, 2.05) is 45.2 Å². The lowest BCUT2D eigenvalue weighted by molar-refractivity contribution is 0.174. The minimum Gasteiger partial charge on any atom is -0.454 e. The maximum Gasteiger partial charge on any atom is 0.297 e. The van der Waals surface area contributed by atoms with Crippen molar-refractivity contribution in [2.24, 2.45) is 5.10 Å². The summed E-state index contributed by atoms with van der Waals surface area (Å²) in [6, 6.07) is 5.47. The minimum absolute atomic E-state index is 0.217. The quantitative estimate of drug-likeness (QED) is 0.627. The van der Waals surface area contributed by atoms with Crippen molar-refractivity contribution in [3.05, 3.63) is 39.8 Å². The first-order valence-electron chi connectivity index (χ1n) is 7.38. The number of nitrogens with zero attached hydrogens (tertiary/aromatic N) is 4. The second-order valence-corrected chi connectivity index (χ2v) is 7.03. The van der Waals surface area contributed by atoms with Crippen molar-refractivity contribution in [2.75, 3.05) is 13.0 Å². The highest BCUT2D eigenvalue weighted by Gasteiger charge is 2.23. The molecule has 1 aromatic heterocycles. The monoisotopic (exact) mass is 346 g/mol. The molecule has 0 atom stereocenters. The standard InChI is InChI=1S/C16H18N4O3S/c1-16(2,3)13-14(21)20(15(24-4)19-18-13)17-8-10-5-6-11-12(7-10)23-9-22-11/h5-8H,9H2,1-4H3/b17-8+. The molecule has 0 radical (unpaired) electrons. The summed E-state index contributed by atoms with van der Waals surface area (Å²) in [5.41, 5.74) is 0.506. The molecule has 0 N–H and O–H groups in total. The Kier molecular flexibility index (Phi) is 4.31. The van der Waals surface area contributed by atoms with Crippen molar-refractivity contribution in [1.29, 1.82) is 0 Å². The number of hydrogen-bond donors (Lipinski definition) is 0. The molecule has 1 aliphatic rings. The molecule has 1 aromatic carbocycles. The third kappa shape index (κ3) is 3.14. The zero-order valence-electron chi connectivity index (χ0n) is 13.9. The summed E-state index contributed by atoms with van der Waals surface area (Å²) in [5, 5.41) is 12.9. The van der Waals surface area contributed by atoms with Gasteiger partial charge in [0.15, 0.2) is 11.5 Å². The second-order valence-electron chi connectivity index (χ2n) is 6.26. The van der Waals surface area contributed by atoms with Crippen molar-refractivity contribution in [1.82, 2.24) is 14.9 Å². The summed E-state index contributed by atoms with van der Waals surface area (Å²) in [4.78, 5) is 12.7. The largest absolute Gasteiger partial charge is 0.454 e. The van der Waals surface area contributed by atoms with Gasteiger partial charge >= 0.3 is 0 Å². The molecule has 0 saturated carbocycles. The summed E-state index contributed by atoms with van der Waals surface area (Å²) >= 11 is 1.32. The van der Waals surface area contributed by atoms with Gasteiger partial charge in [-0.15, -0.1) is 10.2 Å². The molecule has 1 aliphatic heterocycles. The number of aromatic nitrogens is 3. The molecule has 2 heterocycles. The Labute approximate surface area is 143 Å². The van der Waals surface area contributed by atoms with Crippen molar-refractivity contribution >= 4 is 18.0 Å². The number of thioether (sulfide) groups is 1. The maximum absolute atomic E-state index is 12.7. The van der Waals surface area contributed by atoms with E-state index in [2.05, 4.69) is 15.3 Å². The number of benzene rings is 1. The fourth-order valence-corrected chi connectivity index (χ4v) is 2.61. The van der Waals surface area contributed by atoms with Crippen molar-refractivity contribution < 1.29 is 9.47 Å². The number of fused-ring (bicyclic) bond motifs is 1. The molecule has 2 aromatic rings. The molecular weight excluding hydrogens is 328 g/mol. The molecule has 0 spiro atoms. The lowest BCUT2D eigenvalue weighted by Crippen LogP contribution is -2.32. The van der Waals surface area contributed by atoms with E-state index in [0.29, 0.717) is 22.3 Å². The van der Waals surface area contributed by atoms with Crippen LogP contribution in [0.1, 0.15) is 32.0 Å². The van der Waals surface area contributed by atoms with Crippen LogP contribution in [0.15, 0.2) is 33.3 Å². The van der Waals surface area contributed by atoms with Gasteiger partial charge in [-0.2, -0.15) is 9.78 Å². The fraction of sp³-hybridized carbons (Fsp3) is 0.375. The molecular formula is C16H18N4O3S. The predicted octanol–water partition coefficient (Wildman–Crippen LogP) is 2.27. The van der Waals surface area contributed by atoms with Crippen LogP contribution in [0.2, 0.25) is 0 Å². The Hall–Kier alpha value is -2.35. The first-order chi connectivity index (χ1) is 11.4. The van der Waals surface area contributed by atoms with Gasteiger partial charge in [-0.25, -0.2) is 0 Å². The first kappa shape index (κ1) is 16.5. The fourth-order valence-electron chi connectivity index (χ4n) is 2.18. The van der Waals surface area contributed by atoms with Gasteiger partial charge in [0.05, 0.1) is 6.21 Å². The van der Waals surface area contributed by atoms with E-state index in [1.54, 1.807) is 6.21 Å². The lowest BCUT2D eigenvalue weighted by atomic mass is 9.93. The van der Waals surface area contributed by atoms with Gasteiger partial charge in [-0.05, 0) is 30.0 Å². The molecule has 8 heteroatoms. The number of hydrogen-bond acceptors (Lipinski definition) is 7. The molecule has 7 nitrogen and oxygen atoms in total. The predicted molar refractivity (Wildman–Crippen MR) is 92.3 cm³/mol. The van der Waals surface area contributed by atoms with Crippen LogP contribution in [0.4, 0.5) is 0 Å². The summed E-state index contributed by atoms with van der Waals surface area (Å²) in [7, 11) is 0. The summed E-state index contributed by atoms with van der Waals surface area (Å²) < 4.78 is 11.9. The van der Waals surface area contributed by atoms with Crippen molar-refractivity contribution in [3.63, 3.8) is 0 Å². The third-order valence-corrected chi connectivity index (χ3v) is 4.04. The van der Waals surface area contributed by atoms with Gasteiger partial charge in [0.1, 0.15) is 5.69 Å². The average molecular weight is 346 g/mol. The van der Waals surface area contributed by atoms with E-state index in [9.17, 15) is 4.79 Å². The van der Waals surface area contributed by atoms with Crippen LogP contribution in [0, 0.1) is 0 Å². The molecule has 0 fully saturated rings. The van der Waals surface area contributed by atoms with Gasteiger partial charge in [0.2, 0.25) is 11.9 Å². The van der Waals surface area contributed by atoms with Crippen molar-refractivity contribution in [2.45, 2.75) is 31.3 Å². The maximum atomic E-state index is 12.7. The molecule has 3 rings (SSSR count). The van der Waals surface area contributed by atoms with E-state index >= 15 is 0 Å². The second kappa shape index (κ2) is 6.27. The molecule has 0 saturated heterocycles. The van der Waals surface area contributed by atoms with Gasteiger partial charge in [0.25, 0.3) is 5.56 Å². The van der Waals surface area contributed by atoms with Crippen molar-refractivity contribution in [3.8, 4) is 11.5 Å². The zero-order valence-corrected chi connectivity index (χ0v) is 14.8. The third-order valence-electron chi connectivity index (χ3n) is 3.42. The Morgan fingerprint density at radius 3 is 2.71 bits per heavy atom. The van der Waals surface area contributed by atoms with E-state index in [4.69, 9.17) is 9.47 Å². The Morgan fingerprint density at radius 1 is 1.25 bits per heavy atom.